The van der Waals surface area contributed by atoms with Crippen LogP contribution in [0.1, 0.15) is 26.2 Å². The molecule has 0 aliphatic heterocycles. The summed E-state index contributed by atoms with van der Waals surface area (Å²) in [5, 5.41) is 0. The molecule has 0 amide bonds. The van der Waals surface area contributed by atoms with Gasteiger partial charge in [-0.25, -0.2) is 0 Å². The fourth-order valence-corrected chi connectivity index (χ4v) is 1.67. The summed E-state index contributed by atoms with van der Waals surface area (Å²) < 4.78 is 4.55. The molecule has 0 bridgehead atoms. The first-order valence-corrected chi connectivity index (χ1v) is 4.22. The van der Waals surface area contributed by atoms with Crippen molar-refractivity contribution in [2.24, 2.45) is 11.8 Å². The van der Waals surface area contributed by atoms with Gasteiger partial charge in [0.05, 0.1) is 7.11 Å². The number of hydrogen-bond donors (Lipinski definition) is 0. The van der Waals surface area contributed by atoms with Crippen molar-refractivity contribution < 1.29 is 14.3 Å². The molecule has 12 heavy (non-hydrogen) atoms. The van der Waals surface area contributed by atoms with Crippen LogP contribution in [-0.4, -0.2) is 18.9 Å². The Balaban J connectivity index is 2.42. The topological polar surface area (TPSA) is 43.4 Å². The van der Waals surface area contributed by atoms with E-state index in [0.29, 0.717) is 25.2 Å². The number of ether oxygens (including phenoxy) is 1. The first-order chi connectivity index (χ1) is 5.63. The van der Waals surface area contributed by atoms with Crippen molar-refractivity contribution in [1.29, 1.82) is 0 Å². The molecule has 0 aromatic carbocycles. The molecular formula is C9H14O3. The smallest absolute Gasteiger partial charge is 0.305 e. The molecule has 0 aromatic heterocycles. The highest BCUT2D eigenvalue weighted by Gasteiger charge is 2.31. The van der Waals surface area contributed by atoms with Crippen molar-refractivity contribution in [3.63, 3.8) is 0 Å². The van der Waals surface area contributed by atoms with E-state index in [4.69, 9.17) is 0 Å². The lowest BCUT2D eigenvalue weighted by Gasteiger charge is -2.11. The highest BCUT2D eigenvalue weighted by Crippen LogP contribution is 2.31. The Morgan fingerprint density at radius 1 is 1.58 bits per heavy atom. The highest BCUT2D eigenvalue weighted by atomic mass is 16.5. The van der Waals surface area contributed by atoms with Crippen molar-refractivity contribution in [2.75, 3.05) is 7.11 Å². The molecule has 2 unspecified atom stereocenters. The predicted octanol–water partition coefficient (Wildman–Crippen LogP) is 1.16. The number of carbonyl (C=O) groups excluding carboxylic acids is 2. The number of Topliss-reactive ketones (excluding diaryl/α,β-unsaturated/α-hetero) is 1. The molecule has 0 saturated heterocycles. The Labute approximate surface area is 72.1 Å². The van der Waals surface area contributed by atoms with E-state index in [-0.39, 0.29) is 17.7 Å². The maximum absolute atomic E-state index is 11.0. The third-order valence-corrected chi connectivity index (χ3v) is 2.50. The minimum absolute atomic E-state index is 0.207. The minimum Gasteiger partial charge on any atom is -0.469 e. The van der Waals surface area contributed by atoms with Gasteiger partial charge in [-0.3, -0.25) is 9.59 Å². The number of hydrogen-bond acceptors (Lipinski definition) is 3. The first-order valence-electron chi connectivity index (χ1n) is 4.22. The summed E-state index contributed by atoms with van der Waals surface area (Å²) in [5.41, 5.74) is 0. The lowest BCUT2D eigenvalue weighted by atomic mass is 9.95. The van der Waals surface area contributed by atoms with Gasteiger partial charge < -0.3 is 4.74 Å². The molecule has 0 spiro atoms. The fourth-order valence-electron chi connectivity index (χ4n) is 1.67. The summed E-state index contributed by atoms with van der Waals surface area (Å²) in [7, 11) is 1.38. The van der Waals surface area contributed by atoms with Crippen LogP contribution in [0.4, 0.5) is 0 Å². The average molecular weight is 170 g/mol. The Bertz CT molecular complexity index is 198. The van der Waals surface area contributed by atoms with Gasteiger partial charge in [0, 0.05) is 19.3 Å². The zero-order valence-electron chi connectivity index (χ0n) is 7.50. The number of rotatable bonds is 2. The van der Waals surface area contributed by atoms with E-state index < -0.39 is 0 Å². The summed E-state index contributed by atoms with van der Waals surface area (Å²) in [5.74, 6) is 0.625. The molecule has 3 nitrogen and oxygen atoms in total. The van der Waals surface area contributed by atoms with Gasteiger partial charge >= 0.3 is 5.97 Å². The molecule has 3 heteroatoms. The average Bonchev–Trinajstić information content (AvgIpc) is 2.30. The zero-order chi connectivity index (χ0) is 9.14. The largest absolute Gasteiger partial charge is 0.469 e. The van der Waals surface area contributed by atoms with Crippen LogP contribution in [0.15, 0.2) is 0 Å². The molecule has 68 valence electrons. The molecule has 1 aliphatic carbocycles. The molecule has 0 heterocycles. The van der Waals surface area contributed by atoms with Crippen molar-refractivity contribution in [1.82, 2.24) is 0 Å². The second kappa shape index (κ2) is 3.70. The lowest BCUT2D eigenvalue weighted by molar-refractivity contribution is -0.141. The number of ketones is 1. The summed E-state index contributed by atoms with van der Waals surface area (Å²) in [6, 6.07) is 0. The van der Waals surface area contributed by atoms with Crippen LogP contribution in [-0.2, 0) is 14.3 Å². The van der Waals surface area contributed by atoms with E-state index in [1.54, 1.807) is 0 Å². The molecule has 0 aromatic rings. The Morgan fingerprint density at radius 2 is 2.25 bits per heavy atom. The van der Waals surface area contributed by atoms with Gasteiger partial charge in [-0.05, 0) is 11.8 Å². The normalized spacial score (nSPS) is 29.0. The van der Waals surface area contributed by atoms with Gasteiger partial charge in [0.1, 0.15) is 5.78 Å². The standard InChI is InChI=1S/C9H14O3/c1-6-3-8(10)4-7(6)5-9(11)12-2/h6-7H,3-5H2,1-2H3. The van der Waals surface area contributed by atoms with Crippen LogP contribution in [0.25, 0.3) is 0 Å². The molecule has 2 atom stereocenters. The fraction of sp³-hybridized carbons (Fsp3) is 0.778. The van der Waals surface area contributed by atoms with Crippen LogP contribution < -0.4 is 0 Å². The molecular weight excluding hydrogens is 156 g/mol. The van der Waals surface area contributed by atoms with Crippen LogP contribution in [0.5, 0.6) is 0 Å². The third kappa shape index (κ3) is 2.06. The second-order valence-corrected chi connectivity index (χ2v) is 3.46. The SMILES string of the molecule is COC(=O)CC1CC(=O)CC1C. The van der Waals surface area contributed by atoms with Crippen LogP contribution in [0.2, 0.25) is 0 Å². The van der Waals surface area contributed by atoms with Gasteiger partial charge in [-0.2, -0.15) is 0 Å². The van der Waals surface area contributed by atoms with E-state index in [2.05, 4.69) is 4.74 Å². The molecule has 0 radical (unpaired) electrons. The molecule has 1 aliphatic rings. The molecule has 1 saturated carbocycles. The number of methoxy groups -OCH3 is 1. The van der Waals surface area contributed by atoms with Crippen molar-refractivity contribution in [3.05, 3.63) is 0 Å². The molecule has 1 fully saturated rings. The second-order valence-electron chi connectivity index (χ2n) is 3.46. The van der Waals surface area contributed by atoms with E-state index >= 15 is 0 Å². The summed E-state index contributed by atoms with van der Waals surface area (Å²) >= 11 is 0. The zero-order valence-corrected chi connectivity index (χ0v) is 7.50. The highest BCUT2D eigenvalue weighted by molar-refractivity contribution is 5.82. The first kappa shape index (κ1) is 9.23. The Kier molecular flexibility index (Phi) is 2.84. The monoisotopic (exact) mass is 170 g/mol. The maximum atomic E-state index is 11.0. The van der Waals surface area contributed by atoms with Gasteiger partial charge in [-0.15, -0.1) is 0 Å². The number of esters is 1. The van der Waals surface area contributed by atoms with E-state index in [0.717, 1.165) is 0 Å². The van der Waals surface area contributed by atoms with Gasteiger partial charge in [0.2, 0.25) is 0 Å². The van der Waals surface area contributed by atoms with Gasteiger partial charge in [-0.1, -0.05) is 6.92 Å². The van der Waals surface area contributed by atoms with Crippen LogP contribution in [0, 0.1) is 11.8 Å². The lowest BCUT2D eigenvalue weighted by Crippen LogP contribution is -2.11. The summed E-state index contributed by atoms with van der Waals surface area (Å²) in [6.45, 7) is 2.01. The van der Waals surface area contributed by atoms with Gasteiger partial charge in [0.25, 0.3) is 0 Å². The van der Waals surface area contributed by atoms with Crippen molar-refractivity contribution in [2.45, 2.75) is 26.2 Å². The Morgan fingerprint density at radius 3 is 2.67 bits per heavy atom. The van der Waals surface area contributed by atoms with Crippen molar-refractivity contribution in [3.8, 4) is 0 Å². The quantitative estimate of drug-likeness (QED) is 0.584. The molecule has 0 N–H and O–H groups in total. The minimum atomic E-state index is -0.207. The Hall–Kier alpha value is -0.860. The predicted molar refractivity (Wildman–Crippen MR) is 43.5 cm³/mol. The molecule has 1 rings (SSSR count). The van der Waals surface area contributed by atoms with E-state index in [1.165, 1.54) is 7.11 Å². The summed E-state index contributed by atoms with van der Waals surface area (Å²) in [4.78, 5) is 21.9. The van der Waals surface area contributed by atoms with Crippen LogP contribution >= 0.6 is 0 Å². The van der Waals surface area contributed by atoms with E-state index in [9.17, 15) is 9.59 Å². The number of carbonyl (C=O) groups is 2. The summed E-state index contributed by atoms with van der Waals surface area (Å²) in [6.07, 6.45) is 1.57. The van der Waals surface area contributed by atoms with Crippen molar-refractivity contribution >= 4 is 11.8 Å². The van der Waals surface area contributed by atoms with E-state index in [1.807, 2.05) is 6.92 Å². The maximum Gasteiger partial charge on any atom is 0.305 e. The van der Waals surface area contributed by atoms with Gasteiger partial charge in [0.15, 0.2) is 0 Å². The third-order valence-electron chi connectivity index (χ3n) is 2.50. The van der Waals surface area contributed by atoms with Crippen LogP contribution in [0.3, 0.4) is 0 Å².